The number of ether oxygens (including phenoxy) is 5. The molecule has 35 heavy (non-hydrogen) atoms. The minimum atomic E-state index is -0.371. The number of rotatable bonds is 9. The van der Waals surface area contributed by atoms with Gasteiger partial charge in [-0.1, -0.05) is 18.2 Å². The van der Waals surface area contributed by atoms with E-state index < -0.39 is 0 Å². The van der Waals surface area contributed by atoms with Crippen LogP contribution in [0.3, 0.4) is 0 Å². The highest BCUT2D eigenvalue weighted by atomic mass is 16.5. The molecule has 0 aromatic heterocycles. The van der Waals surface area contributed by atoms with E-state index in [1.165, 1.54) is 21.3 Å². The van der Waals surface area contributed by atoms with E-state index in [0.29, 0.717) is 53.1 Å². The summed E-state index contributed by atoms with van der Waals surface area (Å²) in [5.41, 5.74) is 1.45. The summed E-state index contributed by atoms with van der Waals surface area (Å²) in [6.45, 7) is 0.596. The lowest BCUT2D eigenvalue weighted by atomic mass is 10.1. The van der Waals surface area contributed by atoms with Crippen LogP contribution in [-0.4, -0.2) is 52.9 Å². The molecular weight excluding hydrogens is 452 g/mol. The van der Waals surface area contributed by atoms with Crippen molar-refractivity contribution in [3.8, 4) is 28.7 Å². The van der Waals surface area contributed by atoms with Gasteiger partial charge in [0, 0.05) is 17.3 Å². The Morgan fingerprint density at radius 1 is 0.971 bits per heavy atom. The summed E-state index contributed by atoms with van der Waals surface area (Å²) < 4.78 is 27.3. The van der Waals surface area contributed by atoms with E-state index in [2.05, 4.69) is 5.32 Å². The summed E-state index contributed by atoms with van der Waals surface area (Å²) in [7, 11) is 4.46. The Morgan fingerprint density at radius 3 is 2.34 bits per heavy atom. The molecule has 182 valence electrons. The van der Waals surface area contributed by atoms with Crippen LogP contribution in [0.4, 0.5) is 11.4 Å². The molecule has 0 spiro atoms. The number of hydrogen-bond donors (Lipinski definition) is 1. The first-order valence-electron chi connectivity index (χ1n) is 10.9. The second kappa shape index (κ2) is 10.7. The summed E-state index contributed by atoms with van der Waals surface area (Å²) in [6, 6.07) is 17.7. The van der Waals surface area contributed by atoms with E-state index in [-0.39, 0.29) is 18.4 Å². The number of fused-ring (bicyclic) bond motifs is 1. The Morgan fingerprint density at radius 2 is 1.69 bits per heavy atom. The average Bonchev–Trinajstić information content (AvgIpc) is 2.89. The topological polar surface area (TPSA) is 95.6 Å². The predicted octanol–water partition coefficient (Wildman–Crippen LogP) is 3.77. The second-order valence-electron chi connectivity index (χ2n) is 7.55. The molecule has 1 heterocycles. The van der Waals surface area contributed by atoms with Crippen molar-refractivity contribution in [3.63, 3.8) is 0 Å². The van der Waals surface area contributed by atoms with Crippen molar-refractivity contribution in [2.75, 3.05) is 51.3 Å². The van der Waals surface area contributed by atoms with Gasteiger partial charge in [0.15, 0.2) is 18.1 Å². The van der Waals surface area contributed by atoms with E-state index in [9.17, 15) is 9.59 Å². The number of benzene rings is 3. The van der Waals surface area contributed by atoms with Gasteiger partial charge in [0.05, 0.1) is 33.6 Å². The SMILES string of the molecule is COc1cc(C(=O)Nc2ccc3c(c2)OCC(=O)N3CCOc2ccccc2)cc(OC)c1OC. The van der Waals surface area contributed by atoms with Crippen LogP contribution in [0.5, 0.6) is 28.7 Å². The molecule has 3 aromatic carbocycles. The quantitative estimate of drug-likeness (QED) is 0.500. The van der Waals surface area contributed by atoms with E-state index >= 15 is 0 Å². The lowest BCUT2D eigenvalue weighted by Crippen LogP contribution is -2.41. The van der Waals surface area contributed by atoms with E-state index in [1.54, 1.807) is 35.2 Å². The Balaban J connectivity index is 1.48. The Labute approximate surface area is 203 Å². The van der Waals surface area contributed by atoms with Crippen LogP contribution in [0.2, 0.25) is 0 Å². The van der Waals surface area contributed by atoms with Crippen molar-refractivity contribution in [2.45, 2.75) is 0 Å². The number of carbonyl (C=O) groups excluding carboxylic acids is 2. The summed E-state index contributed by atoms with van der Waals surface area (Å²) in [5, 5.41) is 2.84. The predicted molar refractivity (Wildman–Crippen MR) is 130 cm³/mol. The first kappa shape index (κ1) is 23.7. The number of anilines is 2. The largest absolute Gasteiger partial charge is 0.493 e. The molecule has 3 aromatic rings. The Hall–Kier alpha value is -4.40. The molecule has 0 unspecified atom stereocenters. The van der Waals surface area contributed by atoms with E-state index in [1.807, 2.05) is 30.3 Å². The molecule has 1 aliphatic rings. The van der Waals surface area contributed by atoms with Gasteiger partial charge >= 0.3 is 0 Å². The van der Waals surface area contributed by atoms with Gasteiger partial charge in [-0.05, 0) is 36.4 Å². The lowest BCUT2D eigenvalue weighted by Gasteiger charge is -2.29. The van der Waals surface area contributed by atoms with Crippen molar-refractivity contribution in [1.29, 1.82) is 0 Å². The molecule has 0 bridgehead atoms. The third-order valence-electron chi connectivity index (χ3n) is 5.41. The average molecular weight is 479 g/mol. The summed E-state index contributed by atoms with van der Waals surface area (Å²) in [4.78, 5) is 27.0. The fraction of sp³-hybridized carbons (Fsp3) is 0.231. The first-order valence-corrected chi connectivity index (χ1v) is 10.9. The minimum Gasteiger partial charge on any atom is -0.493 e. The molecule has 4 rings (SSSR count). The van der Waals surface area contributed by atoms with Crippen LogP contribution < -0.4 is 33.9 Å². The van der Waals surface area contributed by atoms with Crippen LogP contribution in [0.25, 0.3) is 0 Å². The molecule has 0 fully saturated rings. The molecule has 0 saturated heterocycles. The van der Waals surface area contributed by atoms with Crippen LogP contribution in [-0.2, 0) is 4.79 Å². The maximum Gasteiger partial charge on any atom is 0.265 e. The van der Waals surface area contributed by atoms with E-state index in [4.69, 9.17) is 23.7 Å². The fourth-order valence-corrected chi connectivity index (χ4v) is 3.71. The molecular formula is C26H26N2O7. The molecule has 9 heteroatoms. The number of para-hydroxylation sites is 1. The molecule has 0 radical (unpaired) electrons. The standard InChI is InChI=1S/C26H26N2O7/c1-31-22-13-17(14-23(32-2)25(22)33-3)26(30)27-18-9-10-20-21(15-18)35-16-24(29)28(20)11-12-34-19-7-5-4-6-8-19/h4-10,13-15H,11-12,16H2,1-3H3,(H,27,30). The van der Waals surface area contributed by atoms with Gasteiger partial charge in [-0.3, -0.25) is 9.59 Å². The van der Waals surface area contributed by atoms with Gasteiger partial charge < -0.3 is 33.9 Å². The third-order valence-corrected chi connectivity index (χ3v) is 5.41. The third kappa shape index (κ3) is 5.24. The van der Waals surface area contributed by atoms with Gasteiger partial charge in [-0.2, -0.15) is 0 Å². The maximum absolute atomic E-state index is 12.9. The molecule has 0 saturated carbocycles. The first-order chi connectivity index (χ1) is 17.0. The van der Waals surface area contributed by atoms with Crippen molar-refractivity contribution in [3.05, 3.63) is 66.2 Å². The van der Waals surface area contributed by atoms with Crippen LogP contribution in [0.15, 0.2) is 60.7 Å². The highest BCUT2D eigenvalue weighted by Crippen LogP contribution is 2.39. The van der Waals surface area contributed by atoms with E-state index in [0.717, 1.165) is 5.75 Å². The molecule has 2 amide bonds. The summed E-state index contributed by atoms with van der Waals surface area (Å²) >= 11 is 0. The normalized spacial score (nSPS) is 12.3. The molecule has 9 nitrogen and oxygen atoms in total. The number of nitrogens with zero attached hydrogens (tertiary/aromatic N) is 1. The van der Waals surface area contributed by atoms with Crippen molar-refractivity contribution < 1.29 is 33.3 Å². The zero-order valence-corrected chi connectivity index (χ0v) is 19.7. The van der Waals surface area contributed by atoms with Crippen molar-refractivity contribution >= 4 is 23.2 Å². The van der Waals surface area contributed by atoms with Gasteiger partial charge in [0.25, 0.3) is 11.8 Å². The van der Waals surface area contributed by atoms with Gasteiger partial charge in [-0.25, -0.2) is 0 Å². The van der Waals surface area contributed by atoms with Crippen LogP contribution in [0, 0.1) is 0 Å². The molecule has 1 N–H and O–H groups in total. The number of nitrogens with one attached hydrogen (secondary N) is 1. The van der Waals surface area contributed by atoms with Gasteiger partial charge in [0.1, 0.15) is 18.1 Å². The summed E-state index contributed by atoms with van der Waals surface area (Å²) in [6.07, 6.45) is 0. The summed E-state index contributed by atoms with van der Waals surface area (Å²) in [5.74, 6) is 1.84. The number of amides is 2. The highest BCUT2D eigenvalue weighted by molar-refractivity contribution is 6.06. The van der Waals surface area contributed by atoms with Crippen molar-refractivity contribution in [2.24, 2.45) is 0 Å². The van der Waals surface area contributed by atoms with Crippen LogP contribution in [0.1, 0.15) is 10.4 Å². The highest BCUT2D eigenvalue weighted by Gasteiger charge is 2.26. The number of hydrogen-bond acceptors (Lipinski definition) is 7. The smallest absolute Gasteiger partial charge is 0.265 e. The molecule has 0 aliphatic carbocycles. The van der Waals surface area contributed by atoms with Gasteiger partial charge in [-0.15, -0.1) is 0 Å². The molecule has 1 aliphatic heterocycles. The number of carbonyl (C=O) groups is 2. The zero-order chi connectivity index (χ0) is 24.8. The van der Waals surface area contributed by atoms with Crippen LogP contribution >= 0.6 is 0 Å². The second-order valence-corrected chi connectivity index (χ2v) is 7.55. The zero-order valence-electron chi connectivity index (χ0n) is 19.7. The monoisotopic (exact) mass is 478 g/mol. The minimum absolute atomic E-state index is 0.0946. The fourth-order valence-electron chi connectivity index (χ4n) is 3.71. The maximum atomic E-state index is 12.9. The van der Waals surface area contributed by atoms with Gasteiger partial charge in [0.2, 0.25) is 5.75 Å². The number of methoxy groups -OCH3 is 3. The Bertz CT molecular complexity index is 1190. The molecule has 0 atom stereocenters. The van der Waals surface area contributed by atoms with Crippen molar-refractivity contribution in [1.82, 2.24) is 0 Å². The lowest BCUT2D eigenvalue weighted by molar-refractivity contribution is -0.121. The Kier molecular flexibility index (Phi) is 7.25.